The molecule has 0 spiro atoms. The van der Waals surface area contributed by atoms with Crippen LogP contribution in [-0.4, -0.2) is 34.4 Å². The van der Waals surface area contributed by atoms with Crippen molar-refractivity contribution in [2.24, 2.45) is 0 Å². The van der Waals surface area contributed by atoms with Gasteiger partial charge >= 0.3 is 0 Å². The molecule has 1 aliphatic heterocycles. The molecule has 8 heteroatoms. The molecule has 1 saturated heterocycles. The number of hydrogen-bond donors (Lipinski definition) is 1. The van der Waals surface area contributed by atoms with E-state index in [1.165, 1.54) is 0 Å². The normalized spacial score (nSPS) is 21.6. The summed E-state index contributed by atoms with van der Waals surface area (Å²) in [5.74, 6) is 1.47. The minimum atomic E-state index is -0.129. The van der Waals surface area contributed by atoms with Gasteiger partial charge in [-0.3, -0.25) is 14.5 Å². The van der Waals surface area contributed by atoms with Crippen molar-refractivity contribution in [3.63, 3.8) is 0 Å². The molecule has 1 saturated carbocycles. The summed E-state index contributed by atoms with van der Waals surface area (Å²) < 4.78 is 5.92. The third kappa shape index (κ3) is 4.14. The van der Waals surface area contributed by atoms with Crippen LogP contribution in [0.15, 0.2) is 40.9 Å². The van der Waals surface area contributed by atoms with Crippen molar-refractivity contribution in [3.05, 3.63) is 53.0 Å². The van der Waals surface area contributed by atoms with Crippen LogP contribution in [0.2, 0.25) is 5.02 Å². The summed E-state index contributed by atoms with van der Waals surface area (Å²) in [5, 5.41) is 3.78. The van der Waals surface area contributed by atoms with Gasteiger partial charge in [-0.05, 0) is 62.4 Å². The molecule has 2 aromatic heterocycles. The molecule has 160 valence electrons. The summed E-state index contributed by atoms with van der Waals surface area (Å²) in [6, 6.07) is 8.96. The number of hydrogen-bond acceptors (Lipinski definition) is 5. The van der Waals surface area contributed by atoms with Gasteiger partial charge in [0, 0.05) is 41.7 Å². The van der Waals surface area contributed by atoms with Crippen LogP contribution < -0.4 is 10.2 Å². The Kier molecular flexibility index (Phi) is 5.36. The van der Waals surface area contributed by atoms with Gasteiger partial charge in [-0.15, -0.1) is 0 Å². The Morgan fingerprint density at radius 3 is 2.77 bits per heavy atom. The molecule has 7 nitrogen and oxygen atoms in total. The fourth-order valence-electron chi connectivity index (χ4n) is 4.44. The van der Waals surface area contributed by atoms with E-state index in [0.29, 0.717) is 29.4 Å². The van der Waals surface area contributed by atoms with Gasteiger partial charge in [0.05, 0.1) is 0 Å². The van der Waals surface area contributed by atoms with Gasteiger partial charge in [0.25, 0.3) is 5.91 Å². The van der Waals surface area contributed by atoms with E-state index in [2.05, 4.69) is 15.3 Å². The molecule has 2 amide bonds. The lowest BCUT2D eigenvalue weighted by Gasteiger charge is -2.27. The zero-order chi connectivity index (χ0) is 21.4. The Labute approximate surface area is 184 Å². The third-order valence-electron chi connectivity index (χ3n) is 6.14. The molecular formula is C23H23ClN4O3. The van der Waals surface area contributed by atoms with Gasteiger partial charge in [0.1, 0.15) is 11.3 Å². The lowest BCUT2D eigenvalue weighted by atomic mass is 9.86. The number of anilines is 1. The van der Waals surface area contributed by atoms with E-state index in [1.54, 1.807) is 29.3 Å². The maximum absolute atomic E-state index is 12.8. The molecule has 31 heavy (non-hydrogen) atoms. The van der Waals surface area contributed by atoms with E-state index in [1.807, 2.05) is 12.1 Å². The van der Waals surface area contributed by atoms with Crippen LogP contribution in [0.1, 0.15) is 60.7 Å². The number of carbonyl (C=O) groups excluding carboxylic acids is 2. The van der Waals surface area contributed by atoms with Crippen LogP contribution in [0, 0.1) is 0 Å². The molecule has 3 heterocycles. The monoisotopic (exact) mass is 438 g/mol. The largest absolute Gasteiger partial charge is 0.440 e. The molecular weight excluding hydrogens is 416 g/mol. The smallest absolute Gasteiger partial charge is 0.251 e. The van der Waals surface area contributed by atoms with Crippen molar-refractivity contribution in [2.75, 3.05) is 11.4 Å². The third-order valence-corrected chi connectivity index (χ3v) is 6.37. The van der Waals surface area contributed by atoms with E-state index in [4.69, 9.17) is 16.0 Å². The van der Waals surface area contributed by atoms with Crippen molar-refractivity contribution in [3.8, 4) is 0 Å². The molecule has 5 rings (SSSR count). The summed E-state index contributed by atoms with van der Waals surface area (Å²) in [5.41, 5.74) is 2.06. The second-order valence-electron chi connectivity index (χ2n) is 8.24. The predicted molar refractivity (Wildman–Crippen MR) is 117 cm³/mol. The second kappa shape index (κ2) is 8.30. The number of oxazole rings is 1. The average molecular weight is 439 g/mol. The number of nitrogens with one attached hydrogen (secondary N) is 1. The molecule has 1 aliphatic carbocycles. The summed E-state index contributed by atoms with van der Waals surface area (Å²) in [4.78, 5) is 35.3. The Morgan fingerprint density at radius 1 is 1.16 bits per heavy atom. The molecule has 0 bridgehead atoms. The Hall–Kier alpha value is -2.93. The zero-order valence-electron chi connectivity index (χ0n) is 17.0. The van der Waals surface area contributed by atoms with E-state index < -0.39 is 0 Å². The first-order chi connectivity index (χ1) is 15.1. The van der Waals surface area contributed by atoms with Crippen LogP contribution in [0.3, 0.4) is 0 Å². The lowest BCUT2D eigenvalue weighted by molar-refractivity contribution is -0.117. The number of fused-ring (bicyclic) bond motifs is 1. The Morgan fingerprint density at radius 2 is 2.00 bits per heavy atom. The van der Waals surface area contributed by atoms with Crippen molar-refractivity contribution in [1.82, 2.24) is 15.3 Å². The number of amides is 2. The van der Waals surface area contributed by atoms with Crippen molar-refractivity contribution >= 4 is 40.3 Å². The Balaban J connectivity index is 1.20. The number of nitrogens with zero attached hydrogens (tertiary/aromatic N) is 3. The van der Waals surface area contributed by atoms with Crippen LogP contribution in [0.4, 0.5) is 5.82 Å². The molecule has 2 fully saturated rings. The molecule has 3 aromatic rings. The minimum Gasteiger partial charge on any atom is -0.440 e. The number of aromatic nitrogens is 2. The van der Waals surface area contributed by atoms with Gasteiger partial charge in [0.15, 0.2) is 11.5 Å². The molecule has 0 unspecified atom stereocenters. The first kappa shape index (κ1) is 20.0. The lowest BCUT2D eigenvalue weighted by Crippen LogP contribution is -2.37. The van der Waals surface area contributed by atoms with E-state index in [0.717, 1.165) is 49.1 Å². The van der Waals surface area contributed by atoms with Crippen molar-refractivity contribution < 1.29 is 14.0 Å². The highest BCUT2D eigenvalue weighted by Crippen LogP contribution is 2.34. The van der Waals surface area contributed by atoms with Gasteiger partial charge < -0.3 is 9.73 Å². The van der Waals surface area contributed by atoms with Gasteiger partial charge in [-0.25, -0.2) is 9.97 Å². The zero-order valence-corrected chi connectivity index (χ0v) is 17.8. The van der Waals surface area contributed by atoms with E-state index in [9.17, 15) is 9.59 Å². The van der Waals surface area contributed by atoms with Crippen LogP contribution in [0.25, 0.3) is 11.1 Å². The van der Waals surface area contributed by atoms with E-state index in [-0.39, 0.29) is 23.8 Å². The van der Waals surface area contributed by atoms with Crippen LogP contribution in [0.5, 0.6) is 0 Å². The number of benzene rings is 1. The maximum Gasteiger partial charge on any atom is 0.251 e. The van der Waals surface area contributed by atoms with E-state index >= 15 is 0 Å². The second-order valence-corrected chi connectivity index (χ2v) is 8.67. The highest BCUT2D eigenvalue weighted by molar-refractivity contribution is 6.31. The highest BCUT2D eigenvalue weighted by atomic mass is 35.5. The van der Waals surface area contributed by atoms with Gasteiger partial charge in [0.2, 0.25) is 5.91 Å². The van der Waals surface area contributed by atoms with Crippen LogP contribution >= 0.6 is 11.6 Å². The topological polar surface area (TPSA) is 88.3 Å². The number of rotatable bonds is 4. The first-order valence-corrected chi connectivity index (χ1v) is 11.1. The standard InChI is InChI=1S/C23H23ClN4O3/c24-16-5-8-19-18(13-16)27-23(31-19)14-3-6-17(7-4-14)26-22(30)15-9-10-25-20(12-15)28-11-1-2-21(28)29/h5,8-10,12-14,17H,1-4,6-7,11H2,(H,26,30). The number of halogens is 1. The number of carbonyl (C=O) groups is 2. The molecule has 1 N–H and O–H groups in total. The Bertz CT molecular complexity index is 1140. The first-order valence-electron chi connectivity index (χ1n) is 10.7. The minimum absolute atomic E-state index is 0.0600. The average Bonchev–Trinajstić information content (AvgIpc) is 3.40. The summed E-state index contributed by atoms with van der Waals surface area (Å²) in [7, 11) is 0. The molecule has 1 aromatic carbocycles. The fourth-order valence-corrected chi connectivity index (χ4v) is 4.61. The van der Waals surface area contributed by atoms with Gasteiger partial charge in [-0.2, -0.15) is 0 Å². The summed E-state index contributed by atoms with van der Waals surface area (Å²) in [6.45, 7) is 0.656. The van der Waals surface area contributed by atoms with Crippen molar-refractivity contribution in [2.45, 2.75) is 50.5 Å². The SMILES string of the molecule is O=C(NC1CCC(c2nc3cc(Cl)ccc3o2)CC1)c1ccnc(N2CCCC2=O)c1. The van der Waals surface area contributed by atoms with Crippen LogP contribution in [-0.2, 0) is 4.79 Å². The predicted octanol–water partition coefficient (Wildman–Crippen LogP) is 4.46. The maximum atomic E-state index is 12.8. The summed E-state index contributed by atoms with van der Waals surface area (Å²) in [6.07, 6.45) is 6.47. The molecule has 0 atom stereocenters. The quantitative estimate of drug-likeness (QED) is 0.649. The highest BCUT2D eigenvalue weighted by Gasteiger charge is 2.28. The molecule has 2 aliphatic rings. The summed E-state index contributed by atoms with van der Waals surface area (Å²) >= 11 is 6.04. The molecule has 0 radical (unpaired) electrons. The fraction of sp³-hybridized carbons (Fsp3) is 0.391. The van der Waals surface area contributed by atoms with Crippen molar-refractivity contribution in [1.29, 1.82) is 0 Å². The number of pyridine rings is 1. The van der Waals surface area contributed by atoms with Gasteiger partial charge in [-0.1, -0.05) is 11.6 Å².